The fraction of sp³-hybridized carbons (Fsp3) is 0.714. The summed E-state index contributed by atoms with van der Waals surface area (Å²) in [7, 11) is -0.887. The van der Waals surface area contributed by atoms with Crippen LogP contribution in [0.25, 0.3) is 0 Å². The van der Waals surface area contributed by atoms with Gasteiger partial charge < -0.3 is 14.3 Å². The molecule has 6 heteroatoms. The lowest BCUT2D eigenvalue weighted by Crippen LogP contribution is -2.54. The highest BCUT2D eigenvalue weighted by molar-refractivity contribution is 6.77. The third kappa shape index (κ3) is 3.84. The Labute approximate surface area is 163 Å². The van der Waals surface area contributed by atoms with Gasteiger partial charge in [0, 0.05) is 23.5 Å². The van der Waals surface area contributed by atoms with E-state index in [1.54, 1.807) is 6.08 Å². The first kappa shape index (κ1) is 22.1. The van der Waals surface area contributed by atoms with E-state index in [1.807, 2.05) is 6.08 Å². The van der Waals surface area contributed by atoms with E-state index < -0.39 is 26.3 Å². The Balaban J connectivity index is 2.51. The zero-order valence-corrected chi connectivity index (χ0v) is 18.6. The van der Waals surface area contributed by atoms with Crippen LogP contribution in [0.5, 0.6) is 0 Å². The number of hydrogen-bond acceptors (Lipinski definition) is 5. The van der Waals surface area contributed by atoms with E-state index in [-0.39, 0.29) is 18.3 Å². The van der Waals surface area contributed by atoms with Gasteiger partial charge >= 0.3 is 5.97 Å². The zero-order chi connectivity index (χ0) is 20.5. The number of hydrogen-bond donors (Lipinski definition) is 1. The van der Waals surface area contributed by atoms with Crippen LogP contribution < -0.4 is 0 Å². The molecule has 0 aliphatic heterocycles. The van der Waals surface area contributed by atoms with Crippen LogP contribution in [-0.2, 0) is 18.8 Å². The third-order valence-corrected chi connectivity index (χ3v) is 12.4. The molecule has 2 bridgehead atoms. The number of carbonyl (C=O) groups is 2. The van der Waals surface area contributed by atoms with Crippen molar-refractivity contribution in [3.05, 3.63) is 23.3 Å². The molecule has 0 saturated carbocycles. The smallest absolute Gasteiger partial charge is 0.333 e. The minimum absolute atomic E-state index is 0.109. The average molecular weight is 395 g/mol. The number of carbonyl (C=O) groups excluding carboxylic acids is 2. The van der Waals surface area contributed by atoms with Crippen LogP contribution in [-0.4, -0.2) is 44.5 Å². The summed E-state index contributed by atoms with van der Waals surface area (Å²) in [5.41, 5.74) is 1.93. The number of esters is 1. The minimum Gasteiger partial charge on any atom is -0.466 e. The quantitative estimate of drug-likeness (QED) is 0.546. The Bertz CT molecular complexity index is 625. The molecule has 0 aromatic carbocycles. The number of allylic oxidation sites excluding steroid dienone is 1. The topological polar surface area (TPSA) is 72.8 Å². The number of methoxy groups -OCH3 is 1. The molecule has 0 aromatic heterocycles. The normalized spacial score (nSPS) is 26.2. The number of ether oxygens (including phenoxy) is 1. The van der Waals surface area contributed by atoms with Gasteiger partial charge in [0.25, 0.3) is 0 Å². The monoisotopic (exact) mass is 394 g/mol. The van der Waals surface area contributed by atoms with Crippen LogP contribution in [0.2, 0.25) is 16.6 Å². The molecule has 5 nitrogen and oxygen atoms in total. The predicted molar refractivity (Wildman–Crippen MR) is 108 cm³/mol. The Morgan fingerprint density at radius 1 is 1.11 bits per heavy atom. The molecule has 0 radical (unpaired) electrons. The molecule has 0 amide bonds. The number of rotatable bonds is 6. The fourth-order valence-corrected chi connectivity index (χ4v) is 10.7. The summed E-state index contributed by atoms with van der Waals surface area (Å²) in [5, 5.41) is 10.9. The van der Waals surface area contributed by atoms with E-state index in [1.165, 1.54) is 7.11 Å². The van der Waals surface area contributed by atoms with Crippen molar-refractivity contribution >= 4 is 20.1 Å². The lowest BCUT2D eigenvalue weighted by Gasteiger charge is -2.47. The second kappa shape index (κ2) is 8.41. The molecule has 2 rings (SSSR count). The van der Waals surface area contributed by atoms with Crippen molar-refractivity contribution in [2.75, 3.05) is 7.11 Å². The van der Waals surface area contributed by atoms with Crippen LogP contribution in [0.1, 0.15) is 54.4 Å². The van der Waals surface area contributed by atoms with Gasteiger partial charge in [-0.1, -0.05) is 53.7 Å². The molecule has 0 aromatic rings. The number of ketones is 1. The largest absolute Gasteiger partial charge is 0.466 e. The lowest BCUT2D eigenvalue weighted by atomic mass is 9.79. The van der Waals surface area contributed by atoms with E-state index in [0.717, 1.165) is 0 Å². The highest BCUT2D eigenvalue weighted by Gasteiger charge is 2.51. The van der Waals surface area contributed by atoms with E-state index in [9.17, 15) is 14.7 Å². The van der Waals surface area contributed by atoms with Crippen molar-refractivity contribution in [1.82, 2.24) is 0 Å². The van der Waals surface area contributed by atoms with Crippen molar-refractivity contribution < 1.29 is 23.9 Å². The SMILES string of the molecule is COC(=O)C1=CCC(=O)C2=CCC(O[Si](C(C)C)(C(C)C)C(C)C)[C@@H]1C2O. The van der Waals surface area contributed by atoms with Gasteiger partial charge in [-0.2, -0.15) is 0 Å². The maximum Gasteiger partial charge on any atom is 0.333 e. The molecule has 1 N–H and O–H groups in total. The first-order chi connectivity index (χ1) is 12.6. The number of Topliss-reactive ketones (excluding diaryl/α,β-unsaturated/α-hetero) is 1. The van der Waals surface area contributed by atoms with Gasteiger partial charge in [0.1, 0.15) is 0 Å². The van der Waals surface area contributed by atoms with E-state index in [4.69, 9.17) is 9.16 Å². The molecule has 152 valence electrons. The van der Waals surface area contributed by atoms with Gasteiger partial charge in [0.15, 0.2) is 5.78 Å². The summed E-state index contributed by atoms with van der Waals surface area (Å²) >= 11 is 0. The van der Waals surface area contributed by atoms with Crippen molar-refractivity contribution in [3.8, 4) is 0 Å². The van der Waals surface area contributed by atoms with Crippen LogP contribution >= 0.6 is 0 Å². The molecule has 2 unspecified atom stereocenters. The number of aliphatic hydroxyl groups is 1. The zero-order valence-electron chi connectivity index (χ0n) is 17.6. The Kier molecular flexibility index (Phi) is 6.87. The van der Waals surface area contributed by atoms with E-state index in [0.29, 0.717) is 34.2 Å². The molecule has 2 aliphatic carbocycles. The molecular formula is C21H34O5Si. The standard InChI is InChI=1S/C21H34O5Si/c1-12(2)27(13(3)4,14(5)6)26-18-11-9-15-17(22)10-8-16(21(24)25-7)19(18)20(15)23/h8-9,12-14,18-20,23H,10-11H2,1-7H3/t18?,19-,20?/m1/s1. The number of fused-ring (bicyclic) bond motifs is 2. The highest BCUT2D eigenvalue weighted by Crippen LogP contribution is 2.46. The summed E-state index contributed by atoms with van der Waals surface area (Å²) in [4.78, 5) is 24.8. The van der Waals surface area contributed by atoms with Gasteiger partial charge in [-0.15, -0.1) is 0 Å². The second-order valence-corrected chi connectivity index (χ2v) is 14.0. The molecule has 27 heavy (non-hydrogen) atoms. The third-order valence-electron chi connectivity index (χ3n) is 6.30. The van der Waals surface area contributed by atoms with Crippen LogP contribution in [0, 0.1) is 5.92 Å². The molecule has 0 fully saturated rings. The minimum atomic E-state index is -2.21. The molecular weight excluding hydrogens is 360 g/mol. The van der Waals surface area contributed by atoms with Gasteiger partial charge in [-0.25, -0.2) is 4.79 Å². The van der Waals surface area contributed by atoms with Crippen LogP contribution in [0.4, 0.5) is 0 Å². The van der Waals surface area contributed by atoms with Gasteiger partial charge in [-0.05, 0) is 23.0 Å². The maximum atomic E-state index is 12.4. The molecule has 0 spiro atoms. The summed E-state index contributed by atoms with van der Waals surface area (Å²) in [5.74, 6) is -1.19. The van der Waals surface area contributed by atoms with Crippen LogP contribution in [0.3, 0.4) is 0 Å². The molecule has 2 aliphatic rings. The second-order valence-electron chi connectivity index (χ2n) is 8.62. The lowest BCUT2D eigenvalue weighted by molar-refractivity contribution is -0.138. The summed E-state index contributed by atoms with van der Waals surface area (Å²) in [6.45, 7) is 13.3. The van der Waals surface area contributed by atoms with E-state index in [2.05, 4.69) is 41.5 Å². The van der Waals surface area contributed by atoms with Gasteiger partial charge in [-0.3, -0.25) is 4.79 Å². The molecule has 0 saturated heterocycles. The predicted octanol–water partition coefficient (Wildman–Crippen LogP) is 3.93. The first-order valence-corrected chi connectivity index (χ1v) is 12.1. The number of aliphatic hydroxyl groups excluding tert-OH is 1. The summed E-state index contributed by atoms with van der Waals surface area (Å²) in [6.07, 6.45) is 2.70. The van der Waals surface area contributed by atoms with Crippen molar-refractivity contribution in [2.45, 2.75) is 83.2 Å². The molecule has 3 atom stereocenters. The molecule has 0 heterocycles. The summed E-state index contributed by atoms with van der Waals surface area (Å²) in [6, 6.07) is 0. The van der Waals surface area contributed by atoms with Gasteiger partial charge in [0.05, 0.1) is 19.3 Å². The first-order valence-electron chi connectivity index (χ1n) is 9.95. The Morgan fingerprint density at radius 2 is 1.67 bits per heavy atom. The van der Waals surface area contributed by atoms with Crippen LogP contribution in [0.15, 0.2) is 23.3 Å². The van der Waals surface area contributed by atoms with E-state index >= 15 is 0 Å². The highest BCUT2D eigenvalue weighted by atomic mass is 28.4. The fourth-order valence-electron chi connectivity index (χ4n) is 5.14. The van der Waals surface area contributed by atoms with Crippen molar-refractivity contribution in [2.24, 2.45) is 5.92 Å². The summed E-state index contributed by atoms with van der Waals surface area (Å²) < 4.78 is 11.9. The van der Waals surface area contributed by atoms with Crippen molar-refractivity contribution in [1.29, 1.82) is 0 Å². The van der Waals surface area contributed by atoms with Crippen molar-refractivity contribution in [3.63, 3.8) is 0 Å². The Morgan fingerprint density at radius 3 is 2.15 bits per heavy atom. The Hall–Kier alpha value is -1.24. The maximum absolute atomic E-state index is 12.4. The van der Waals surface area contributed by atoms with Gasteiger partial charge in [0.2, 0.25) is 8.32 Å². The average Bonchev–Trinajstić information content (AvgIpc) is 2.66.